The van der Waals surface area contributed by atoms with Crippen molar-refractivity contribution in [3.8, 4) is 17.2 Å². The van der Waals surface area contributed by atoms with Crippen molar-refractivity contribution in [2.45, 2.75) is 0 Å². The standard InChI is InChI=1S/C22H15NO2/c1-24-19-13-7-6-12-18(19)22-23-20-16-10-4-2-8-14(16)15-9-3-5-11-17(15)21(20)25-22/h2-13H,1H3. The van der Waals surface area contributed by atoms with Gasteiger partial charge in [0.25, 0.3) is 0 Å². The van der Waals surface area contributed by atoms with Gasteiger partial charge in [0.1, 0.15) is 11.3 Å². The summed E-state index contributed by atoms with van der Waals surface area (Å²) in [5, 5.41) is 4.53. The monoisotopic (exact) mass is 325 g/mol. The molecule has 0 amide bonds. The second kappa shape index (κ2) is 5.35. The quantitative estimate of drug-likeness (QED) is 0.384. The Kier molecular flexibility index (Phi) is 3.01. The molecule has 1 heterocycles. The van der Waals surface area contributed by atoms with E-state index in [1.165, 1.54) is 10.8 Å². The third-order valence-corrected chi connectivity index (χ3v) is 4.61. The molecule has 25 heavy (non-hydrogen) atoms. The van der Waals surface area contributed by atoms with Crippen molar-refractivity contribution >= 4 is 32.6 Å². The molecule has 0 saturated heterocycles. The molecule has 1 aromatic heterocycles. The van der Waals surface area contributed by atoms with Crippen LogP contribution in [0.25, 0.3) is 44.1 Å². The predicted octanol–water partition coefficient (Wildman–Crippen LogP) is 5.81. The number of oxazole rings is 1. The summed E-state index contributed by atoms with van der Waals surface area (Å²) in [6, 6.07) is 24.4. The molecule has 0 atom stereocenters. The van der Waals surface area contributed by atoms with Crippen LogP contribution in [0.5, 0.6) is 5.75 Å². The van der Waals surface area contributed by atoms with E-state index >= 15 is 0 Å². The van der Waals surface area contributed by atoms with Gasteiger partial charge in [0, 0.05) is 10.8 Å². The number of rotatable bonds is 2. The zero-order valence-electron chi connectivity index (χ0n) is 13.7. The average Bonchev–Trinajstić information content (AvgIpc) is 3.14. The van der Waals surface area contributed by atoms with E-state index in [1.54, 1.807) is 7.11 Å². The van der Waals surface area contributed by atoms with Crippen LogP contribution in [-0.4, -0.2) is 12.1 Å². The fourth-order valence-electron chi connectivity index (χ4n) is 3.46. The molecule has 0 aliphatic heterocycles. The van der Waals surface area contributed by atoms with Gasteiger partial charge in [0.05, 0.1) is 12.7 Å². The smallest absolute Gasteiger partial charge is 0.231 e. The van der Waals surface area contributed by atoms with Crippen molar-refractivity contribution in [2.24, 2.45) is 0 Å². The van der Waals surface area contributed by atoms with E-state index in [1.807, 2.05) is 36.4 Å². The second-order valence-electron chi connectivity index (χ2n) is 5.99. The molecular weight excluding hydrogens is 310 g/mol. The van der Waals surface area contributed by atoms with Crippen LogP contribution in [0.3, 0.4) is 0 Å². The van der Waals surface area contributed by atoms with Crippen LogP contribution >= 0.6 is 0 Å². The van der Waals surface area contributed by atoms with Gasteiger partial charge in [-0.25, -0.2) is 4.98 Å². The fourth-order valence-corrected chi connectivity index (χ4v) is 3.46. The molecule has 0 aliphatic carbocycles. The molecule has 0 unspecified atom stereocenters. The van der Waals surface area contributed by atoms with Gasteiger partial charge >= 0.3 is 0 Å². The SMILES string of the molecule is COc1ccccc1-c1nc2c3ccccc3c3ccccc3c2o1. The van der Waals surface area contributed by atoms with E-state index in [2.05, 4.69) is 36.4 Å². The predicted molar refractivity (Wildman–Crippen MR) is 101 cm³/mol. The molecule has 0 N–H and O–H groups in total. The van der Waals surface area contributed by atoms with Gasteiger partial charge in [-0.2, -0.15) is 0 Å². The minimum atomic E-state index is 0.578. The first kappa shape index (κ1) is 14.1. The highest BCUT2D eigenvalue weighted by Crippen LogP contribution is 2.38. The molecule has 0 aliphatic rings. The number of benzene rings is 4. The third-order valence-electron chi connectivity index (χ3n) is 4.61. The van der Waals surface area contributed by atoms with Crippen LogP contribution in [0.15, 0.2) is 77.2 Å². The molecule has 0 saturated carbocycles. The molecule has 0 radical (unpaired) electrons. The molecular formula is C22H15NO2. The summed E-state index contributed by atoms with van der Waals surface area (Å²) in [6.45, 7) is 0. The van der Waals surface area contributed by atoms with Crippen LogP contribution in [0.1, 0.15) is 0 Å². The van der Waals surface area contributed by atoms with Gasteiger partial charge in [-0.05, 0) is 22.9 Å². The first-order valence-corrected chi connectivity index (χ1v) is 8.20. The van der Waals surface area contributed by atoms with Gasteiger partial charge in [-0.1, -0.05) is 60.7 Å². The van der Waals surface area contributed by atoms with Gasteiger partial charge in [0.2, 0.25) is 5.89 Å². The molecule has 4 aromatic carbocycles. The van der Waals surface area contributed by atoms with Crippen molar-refractivity contribution in [3.05, 3.63) is 72.8 Å². The maximum atomic E-state index is 6.23. The third kappa shape index (κ3) is 2.02. The summed E-state index contributed by atoms with van der Waals surface area (Å²) >= 11 is 0. The Bertz CT molecular complexity index is 1160. The summed E-state index contributed by atoms with van der Waals surface area (Å²) in [7, 11) is 1.66. The lowest BCUT2D eigenvalue weighted by Crippen LogP contribution is -1.87. The van der Waals surface area contributed by atoms with Gasteiger partial charge in [-0.3, -0.25) is 0 Å². The van der Waals surface area contributed by atoms with Crippen LogP contribution in [0, 0.1) is 0 Å². The van der Waals surface area contributed by atoms with Crippen LogP contribution < -0.4 is 4.74 Å². The number of nitrogens with zero attached hydrogens (tertiary/aromatic N) is 1. The highest BCUT2D eigenvalue weighted by Gasteiger charge is 2.17. The minimum Gasteiger partial charge on any atom is -0.496 e. The number of para-hydroxylation sites is 1. The Morgan fingerprint density at radius 2 is 1.32 bits per heavy atom. The van der Waals surface area contributed by atoms with Crippen molar-refractivity contribution < 1.29 is 9.15 Å². The van der Waals surface area contributed by atoms with Crippen molar-refractivity contribution in [1.82, 2.24) is 4.98 Å². The second-order valence-corrected chi connectivity index (χ2v) is 5.99. The first-order chi connectivity index (χ1) is 12.4. The molecule has 120 valence electrons. The van der Waals surface area contributed by atoms with E-state index in [0.717, 1.165) is 33.2 Å². The zero-order valence-corrected chi connectivity index (χ0v) is 13.7. The van der Waals surface area contributed by atoms with Crippen LogP contribution in [0.4, 0.5) is 0 Å². The number of methoxy groups -OCH3 is 1. The van der Waals surface area contributed by atoms with E-state index in [9.17, 15) is 0 Å². The average molecular weight is 325 g/mol. The van der Waals surface area contributed by atoms with E-state index in [-0.39, 0.29) is 0 Å². The van der Waals surface area contributed by atoms with Crippen molar-refractivity contribution in [3.63, 3.8) is 0 Å². The van der Waals surface area contributed by atoms with E-state index in [0.29, 0.717) is 5.89 Å². The normalized spacial score (nSPS) is 11.4. The van der Waals surface area contributed by atoms with Gasteiger partial charge in [-0.15, -0.1) is 0 Å². The number of hydrogen-bond donors (Lipinski definition) is 0. The molecule has 5 aromatic rings. The lowest BCUT2D eigenvalue weighted by Gasteiger charge is -2.04. The maximum Gasteiger partial charge on any atom is 0.231 e. The largest absolute Gasteiger partial charge is 0.496 e. The molecule has 0 spiro atoms. The maximum absolute atomic E-state index is 6.23. The number of hydrogen-bond acceptors (Lipinski definition) is 3. The van der Waals surface area contributed by atoms with Gasteiger partial charge < -0.3 is 9.15 Å². The van der Waals surface area contributed by atoms with E-state index in [4.69, 9.17) is 14.1 Å². The number of aromatic nitrogens is 1. The van der Waals surface area contributed by atoms with Crippen LogP contribution in [0.2, 0.25) is 0 Å². The lowest BCUT2D eigenvalue weighted by atomic mass is 10.0. The summed E-state index contributed by atoms with van der Waals surface area (Å²) in [5.74, 6) is 1.33. The zero-order chi connectivity index (χ0) is 16.8. The Morgan fingerprint density at radius 3 is 2.08 bits per heavy atom. The van der Waals surface area contributed by atoms with Crippen LogP contribution in [-0.2, 0) is 0 Å². The minimum absolute atomic E-state index is 0.578. The molecule has 5 rings (SSSR count). The lowest BCUT2D eigenvalue weighted by molar-refractivity contribution is 0.414. The fraction of sp³-hybridized carbons (Fsp3) is 0.0455. The molecule has 0 bridgehead atoms. The Morgan fingerprint density at radius 1 is 0.720 bits per heavy atom. The van der Waals surface area contributed by atoms with Gasteiger partial charge in [0.15, 0.2) is 5.58 Å². The molecule has 3 heteroatoms. The Labute approximate surface area is 144 Å². The molecule has 3 nitrogen and oxygen atoms in total. The molecule has 0 fully saturated rings. The Balaban J connectivity index is 1.94. The topological polar surface area (TPSA) is 35.3 Å². The summed E-state index contributed by atoms with van der Waals surface area (Å²) in [4.78, 5) is 4.82. The van der Waals surface area contributed by atoms with Crippen molar-refractivity contribution in [2.75, 3.05) is 7.11 Å². The number of fused-ring (bicyclic) bond motifs is 6. The highest BCUT2D eigenvalue weighted by molar-refractivity contribution is 6.22. The summed E-state index contributed by atoms with van der Waals surface area (Å²) < 4.78 is 11.7. The summed E-state index contributed by atoms with van der Waals surface area (Å²) in [5.41, 5.74) is 2.56. The first-order valence-electron chi connectivity index (χ1n) is 8.20. The highest BCUT2D eigenvalue weighted by atomic mass is 16.5. The van der Waals surface area contributed by atoms with Crippen molar-refractivity contribution in [1.29, 1.82) is 0 Å². The van der Waals surface area contributed by atoms with E-state index < -0.39 is 0 Å². The Hall–Kier alpha value is -3.33. The number of ether oxygens (including phenoxy) is 1. The summed E-state index contributed by atoms with van der Waals surface area (Å²) in [6.07, 6.45) is 0.